The normalized spacial score (nSPS) is 12.9. The van der Waals surface area contributed by atoms with Gasteiger partial charge in [0.2, 0.25) is 0 Å². The summed E-state index contributed by atoms with van der Waals surface area (Å²) in [5.74, 6) is -0.660. The van der Waals surface area contributed by atoms with Crippen LogP contribution < -0.4 is 10.5 Å². The van der Waals surface area contributed by atoms with Crippen molar-refractivity contribution in [1.29, 1.82) is 0 Å². The highest BCUT2D eigenvalue weighted by molar-refractivity contribution is 7.91. The summed E-state index contributed by atoms with van der Waals surface area (Å²) in [7, 11) is -2.34. The van der Waals surface area contributed by atoms with E-state index in [2.05, 4.69) is 0 Å². The Kier molecular flexibility index (Phi) is 4.59. The van der Waals surface area contributed by atoms with Crippen LogP contribution >= 0.6 is 0 Å². The van der Waals surface area contributed by atoms with Crippen LogP contribution in [0.4, 0.5) is 4.39 Å². The van der Waals surface area contributed by atoms with E-state index in [4.69, 9.17) is 10.5 Å². The molecule has 0 aliphatic heterocycles. The van der Waals surface area contributed by atoms with E-state index in [-0.39, 0.29) is 4.90 Å². The second-order valence-corrected chi connectivity index (χ2v) is 6.56. The van der Waals surface area contributed by atoms with Crippen LogP contribution in [0, 0.1) is 5.82 Å². The summed E-state index contributed by atoms with van der Waals surface area (Å²) in [5, 5.41) is 0. The fraction of sp³-hybridized carbons (Fsp3) is 0.200. The minimum Gasteiger partial charge on any atom is -0.496 e. The summed E-state index contributed by atoms with van der Waals surface area (Å²) in [4.78, 5) is -0.338. The van der Waals surface area contributed by atoms with Crippen LogP contribution in [0.2, 0.25) is 0 Å². The molecule has 21 heavy (non-hydrogen) atoms. The van der Waals surface area contributed by atoms with E-state index in [0.29, 0.717) is 11.3 Å². The highest BCUT2D eigenvalue weighted by atomic mass is 32.2. The van der Waals surface area contributed by atoms with E-state index in [1.165, 1.54) is 25.3 Å². The summed E-state index contributed by atoms with van der Waals surface area (Å²) in [6, 6.07) is 11.4. The number of para-hydroxylation sites is 1. The lowest BCUT2D eigenvalue weighted by Crippen LogP contribution is -2.23. The van der Waals surface area contributed by atoms with E-state index in [0.717, 1.165) is 6.07 Å². The van der Waals surface area contributed by atoms with Crippen LogP contribution in [-0.2, 0) is 9.84 Å². The van der Waals surface area contributed by atoms with Gasteiger partial charge in [0, 0.05) is 11.6 Å². The minimum absolute atomic E-state index is 0.338. The average molecular weight is 309 g/mol. The summed E-state index contributed by atoms with van der Waals surface area (Å²) < 4.78 is 43.4. The van der Waals surface area contributed by atoms with Crippen molar-refractivity contribution >= 4 is 9.84 Å². The highest BCUT2D eigenvalue weighted by Crippen LogP contribution is 2.26. The van der Waals surface area contributed by atoms with Gasteiger partial charge in [-0.15, -0.1) is 0 Å². The molecule has 2 rings (SSSR count). The molecule has 1 atom stereocenters. The lowest BCUT2D eigenvalue weighted by molar-refractivity contribution is 0.407. The van der Waals surface area contributed by atoms with Crippen LogP contribution in [0.1, 0.15) is 11.6 Å². The van der Waals surface area contributed by atoms with Crippen LogP contribution in [0.15, 0.2) is 53.4 Å². The number of sulfone groups is 1. The number of hydrogen-bond acceptors (Lipinski definition) is 4. The quantitative estimate of drug-likeness (QED) is 0.920. The van der Waals surface area contributed by atoms with Gasteiger partial charge in [0.05, 0.1) is 12.9 Å². The largest absolute Gasteiger partial charge is 0.496 e. The van der Waals surface area contributed by atoms with Crippen molar-refractivity contribution in [2.24, 2.45) is 5.73 Å². The Balaban J connectivity index is 2.31. The Morgan fingerprint density at radius 1 is 1.14 bits per heavy atom. The molecule has 4 nitrogen and oxygen atoms in total. The Hall–Kier alpha value is -1.92. The second-order valence-electron chi connectivity index (χ2n) is 4.56. The van der Waals surface area contributed by atoms with Crippen molar-refractivity contribution in [1.82, 2.24) is 0 Å². The number of hydrogen-bond donors (Lipinski definition) is 1. The smallest absolute Gasteiger partial charge is 0.183 e. The van der Waals surface area contributed by atoms with Crippen molar-refractivity contribution in [2.45, 2.75) is 10.9 Å². The van der Waals surface area contributed by atoms with Crippen LogP contribution in [-0.4, -0.2) is 21.3 Å². The molecule has 2 aromatic carbocycles. The molecule has 0 heterocycles. The van der Waals surface area contributed by atoms with Gasteiger partial charge in [-0.3, -0.25) is 0 Å². The van der Waals surface area contributed by atoms with E-state index in [1.54, 1.807) is 24.3 Å². The minimum atomic E-state index is -3.82. The van der Waals surface area contributed by atoms with Crippen molar-refractivity contribution in [3.63, 3.8) is 0 Å². The molecule has 1 unspecified atom stereocenters. The second kappa shape index (κ2) is 6.24. The number of rotatable bonds is 5. The molecule has 0 aliphatic carbocycles. The van der Waals surface area contributed by atoms with Gasteiger partial charge in [-0.1, -0.05) is 30.3 Å². The van der Waals surface area contributed by atoms with Crippen molar-refractivity contribution in [2.75, 3.05) is 12.9 Å². The van der Waals surface area contributed by atoms with Crippen LogP contribution in [0.25, 0.3) is 0 Å². The Bertz CT molecular complexity index is 731. The maximum Gasteiger partial charge on any atom is 0.183 e. The third-order valence-electron chi connectivity index (χ3n) is 3.11. The van der Waals surface area contributed by atoms with Gasteiger partial charge < -0.3 is 10.5 Å². The number of nitrogens with two attached hydrogens (primary N) is 1. The van der Waals surface area contributed by atoms with Gasteiger partial charge in [0.15, 0.2) is 9.84 Å². The molecule has 6 heteroatoms. The lowest BCUT2D eigenvalue weighted by Gasteiger charge is -2.16. The van der Waals surface area contributed by atoms with Crippen molar-refractivity contribution in [3.8, 4) is 5.75 Å². The maximum absolute atomic E-state index is 13.6. The van der Waals surface area contributed by atoms with Crippen molar-refractivity contribution < 1.29 is 17.5 Å². The van der Waals surface area contributed by atoms with Crippen molar-refractivity contribution in [3.05, 3.63) is 59.9 Å². The molecule has 0 saturated carbocycles. The molecule has 0 aliphatic rings. The standard InChI is InChI=1S/C15H16FNO3S/c1-20-14-8-4-2-6-11(14)13(17)10-21(18,19)15-9-5-3-7-12(15)16/h2-9,13H,10,17H2,1H3. The first-order valence-corrected chi connectivity index (χ1v) is 7.96. The zero-order valence-electron chi connectivity index (χ0n) is 11.5. The molecule has 0 spiro atoms. The van der Waals surface area contributed by atoms with Gasteiger partial charge in [0.1, 0.15) is 16.5 Å². The van der Waals surface area contributed by atoms with Gasteiger partial charge in [0.25, 0.3) is 0 Å². The molecule has 0 fully saturated rings. The Morgan fingerprint density at radius 3 is 2.43 bits per heavy atom. The van der Waals surface area contributed by atoms with E-state index in [1.807, 2.05) is 0 Å². The summed E-state index contributed by atoms with van der Waals surface area (Å²) >= 11 is 0. The third kappa shape index (κ3) is 3.40. The summed E-state index contributed by atoms with van der Waals surface area (Å²) in [6.07, 6.45) is 0. The van der Waals surface area contributed by atoms with Gasteiger partial charge in [-0.2, -0.15) is 0 Å². The first-order valence-electron chi connectivity index (χ1n) is 6.31. The molecule has 0 bridgehead atoms. The molecular weight excluding hydrogens is 293 g/mol. The fourth-order valence-electron chi connectivity index (χ4n) is 2.09. The van der Waals surface area contributed by atoms with Gasteiger partial charge >= 0.3 is 0 Å². The number of halogens is 1. The lowest BCUT2D eigenvalue weighted by atomic mass is 10.1. The predicted octanol–water partition coefficient (Wildman–Crippen LogP) is 2.31. The van der Waals surface area contributed by atoms with E-state index < -0.39 is 27.4 Å². The first kappa shape index (κ1) is 15.5. The molecular formula is C15H16FNO3S. The molecule has 0 radical (unpaired) electrons. The summed E-state index contributed by atoms with van der Waals surface area (Å²) in [6.45, 7) is 0. The SMILES string of the molecule is COc1ccccc1C(N)CS(=O)(=O)c1ccccc1F. The Morgan fingerprint density at radius 2 is 1.76 bits per heavy atom. The molecule has 0 amide bonds. The topological polar surface area (TPSA) is 69.4 Å². The van der Waals surface area contributed by atoms with E-state index >= 15 is 0 Å². The molecule has 2 aromatic rings. The average Bonchev–Trinajstić information content (AvgIpc) is 2.47. The molecule has 2 N–H and O–H groups in total. The van der Waals surface area contributed by atoms with E-state index in [9.17, 15) is 12.8 Å². The molecule has 0 aromatic heterocycles. The molecule has 0 saturated heterocycles. The monoisotopic (exact) mass is 309 g/mol. The first-order chi connectivity index (χ1) is 9.95. The maximum atomic E-state index is 13.6. The number of methoxy groups -OCH3 is 1. The van der Waals surface area contributed by atoms with Crippen LogP contribution in [0.5, 0.6) is 5.75 Å². The summed E-state index contributed by atoms with van der Waals surface area (Å²) in [5.41, 5.74) is 6.53. The fourth-order valence-corrected chi connectivity index (χ4v) is 3.57. The van der Waals surface area contributed by atoms with Gasteiger partial charge in [-0.25, -0.2) is 12.8 Å². The zero-order valence-corrected chi connectivity index (χ0v) is 12.3. The number of benzene rings is 2. The third-order valence-corrected chi connectivity index (χ3v) is 4.91. The predicted molar refractivity (Wildman–Crippen MR) is 78.4 cm³/mol. The highest BCUT2D eigenvalue weighted by Gasteiger charge is 2.24. The van der Waals surface area contributed by atoms with Gasteiger partial charge in [-0.05, 0) is 18.2 Å². The zero-order chi connectivity index (χ0) is 15.5. The Labute approximate surface area is 123 Å². The number of ether oxygens (including phenoxy) is 1. The molecule has 112 valence electrons. The van der Waals surface area contributed by atoms with Crippen LogP contribution in [0.3, 0.4) is 0 Å².